The summed E-state index contributed by atoms with van der Waals surface area (Å²) < 4.78 is 10.5. The van der Waals surface area contributed by atoms with Gasteiger partial charge >= 0.3 is 0 Å². The zero-order valence-electron chi connectivity index (χ0n) is 17.7. The van der Waals surface area contributed by atoms with Crippen molar-refractivity contribution in [3.63, 3.8) is 0 Å². The van der Waals surface area contributed by atoms with Crippen LogP contribution in [0.3, 0.4) is 0 Å². The Morgan fingerprint density at radius 3 is 2.26 bits per heavy atom. The SMILES string of the molecule is COc1ccc(CCC(=O)Nc2ccccc2C(=O)NCc2ccccc2)cc1OC. The molecule has 6 nitrogen and oxygen atoms in total. The number of hydrogen-bond donors (Lipinski definition) is 2. The summed E-state index contributed by atoms with van der Waals surface area (Å²) >= 11 is 0. The molecule has 0 saturated heterocycles. The van der Waals surface area contributed by atoms with Crippen LogP contribution in [0.4, 0.5) is 5.69 Å². The lowest BCUT2D eigenvalue weighted by atomic mass is 10.1. The van der Waals surface area contributed by atoms with Crippen molar-refractivity contribution >= 4 is 17.5 Å². The molecule has 0 bridgehead atoms. The van der Waals surface area contributed by atoms with Gasteiger partial charge in [0.15, 0.2) is 11.5 Å². The molecule has 6 heteroatoms. The standard InChI is InChI=1S/C25H26N2O4/c1-30-22-14-12-18(16-23(22)31-2)13-15-24(28)27-21-11-7-6-10-20(21)25(29)26-17-19-8-4-3-5-9-19/h3-12,14,16H,13,15,17H2,1-2H3,(H,26,29)(H,27,28). The summed E-state index contributed by atoms with van der Waals surface area (Å²) in [7, 11) is 3.16. The monoisotopic (exact) mass is 418 g/mol. The number of benzene rings is 3. The Labute approximate surface area is 182 Å². The van der Waals surface area contributed by atoms with Crippen LogP contribution in [0.5, 0.6) is 11.5 Å². The number of methoxy groups -OCH3 is 2. The lowest BCUT2D eigenvalue weighted by Gasteiger charge is -2.12. The second-order valence-electron chi connectivity index (χ2n) is 6.95. The first-order valence-corrected chi connectivity index (χ1v) is 10.0. The van der Waals surface area contributed by atoms with Crippen LogP contribution in [0.25, 0.3) is 0 Å². The summed E-state index contributed by atoms with van der Waals surface area (Å²) in [6.07, 6.45) is 0.810. The third-order valence-electron chi connectivity index (χ3n) is 4.83. The predicted octanol–water partition coefficient (Wildman–Crippen LogP) is 4.21. The van der Waals surface area contributed by atoms with Crippen LogP contribution in [0.15, 0.2) is 72.8 Å². The number of para-hydroxylation sites is 1. The first kappa shape index (κ1) is 21.9. The maximum absolute atomic E-state index is 12.6. The van der Waals surface area contributed by atoms with E-state index in [1.54, 1.807) is 38.5 Å². The number of amides is 2. The van der Waals surface area contributed by atoms with Crippen LogP contribution in [-0.2, 0) is 17.8 Å². The topological polar surface area (TPSA) is 76.7 Å². The first-order chi connectivity index (χ1) is 15.1. The van der Waals surface area contributed by atoms with E-state index >= 15 is 0 Å². The lowest BCUT2D eigenvalue weighted by Crippen LogP contribution is -2.24. The number of hydrogen-bond acceptors (Lipinski definition) is 4. The van der Waals surface area contributed by atoms with Crippen molar-refractivity contribution in [1.82, 2.24) is 5.32 Å². The van der Waals surface area contributed by atoms with Gasteiger partial charge < -0.3 is 20.1 Å². The minimum Gasteiger partial charge on any atom is -0.493 e. The fourth-order valence-corrected chi connectivity index (χ4v) is 3.17. The number of anilines is 1. The first-order valence-electron chi connectivity index (χ1n) is 10.0. The van der Waals surface area contributed by atoms with E-state index in [0.29, 0.717) is 35.7 Å². The molecule has 3 rings (SSSR count). The van der Waals surface area contributed by atoms with E-state index in [1.165, 1.54) is 0 Å². The predicted molar refractivity (Wildman–Crippen MR) is 121 cm³/mol. The molecule has 0 atom stereocenters. The minimum atomic E-state index is -0.236. The van der Waals surface area contributed by atoms with Gasteiger partial charge in [-0.05, 0) is 41.8 Å². The largest absolute Gasteiger partial charge is 0.493 e. The van der Waals surface area contributed by atoms with Crippen LogP contribution in [-0.4, -0.2) is 26.0 Å². The number of carbonyl (C=O) groups excluding carboxylic acids is 2. The van der Waals surface area contributed by atoms with E-state index in [2.05, 4.69) is 10.6 Å². The Kier molecular flexibility index (Phi) is 7.65. The summed E-state index contributed by atoms with van der Waals surface area (Å²) in [6.45, 7) is 0.418. The fourth-order valence-electron chi connectivity index (χ4n) is 3.17. The summed E-state index contributed by atoms with van der Waals surface area (Å²) in [5.41, 5.74) is 2.89. The molecule has 0 radical (unpaired) electrons. The number of rotatable bonds is 9. The van der Waals surface area contributed by atoms with Gasteiger partial charge in [0.05, 0.1) is 25.5 Å². The molecule has 0 aliphatic rings. The zero-order valence-corrected chi connectivity index (χ0v) is 17.7. The average Bonchev–Trinajstić information content (AvgIpc) is 2.82. The van der Waals surface area contributed by atoms with E-state index in [0.717, 1.165) is 11.1 Å². The number of carbonyl (C=O) groups is 2. The van der Waals surface area contributed by atoms with Crippen LogP contribution in [0.2, 0.25) is 0 Å². The number of aryl methyl sites for hydroxylation is 1. The van der Waals surface area contributed by atoms with Gasteiger partial charge in [-0.15, -0.1) is 0 Å². The minimum absolute atomic E-state index is 0.168. The van der Waals surface area contributed by atoms with Crippen LogP contribution in [0, 0.1) is 0 Å². The highest BCUT2D eigenvalue weighted by Crippen LogP contribution is 2.28. The lowest BCUT2D eigenvalue weighted by molar-refractivity contribution is -0.116. The highest BCUT2D eigenvalue weighted by Gasteiger charge is 2.13. The summed E-state index contributed by atoms with van der Waals surface area (Å²) in [5.74, 6) is 0.865. The van der Waals surface area contributed by atoms with Crippen LogP contribution < -0.4 is 20.1 Å². The summed E-state index contributed by atoms with van der Waals surface area (Å²) in [4.78, 5) is 25.2. The quantitative estimate of drug-likeness (QED) is 0.546. The third kappa shape index (κ3) is 6.09. The molecule has 0 aliphatic carbocycles. The molecule has 3 aromatic carbocycles. The van der Waals surface area contributed by atoms with E-state index in [4.69, 9.17) is 9.47 Å². The normalized spacial score (nSPS) is 10.3. The van der Waals surface area contributed by atoms with Gasteiger partial charge in [-0.2, -0.15) is 0 Å². The molecule has 0 saturated carbocycles. The van der Waals surface area contributed by atoms with E-state index in [1.807, 2.05) is 48.5 Å². The maximum Gasteiger partial charge on any atom is 0.253 e. The zero-order chi connectivity index (χ0) is 22.1. The Bertz CT molecular complexity index is 1030. The molecule has 0 aromatic heterocycles. The Morgan fingerprint density at radius 1 is 0.806 bits per heavy atom. The molecule has 160 valence electrons. The molecule has 3 aromatic rings. The second-order valence-corrected chi connectivity index (χ2v) is 6.95. The van der Waals surface area contributed by atoms with Gasteiger partial charge in [-0.1, -0.05) is 48.5 Å². The fraction of sp³-hybridized carbons (Fsp3) is 0.200. The van der Waals surface area contributed by atoms with E-state index < -0.39 is 0 Å². The number of nitrogens with one attached hydrogen (secondary N) is 2. The van der Waals surface area contributed by atoms with Crippen molar-refractivity contribution in [2.75, 3.05) is 19.5 Å². The third-order valence-corrected chi connectivity index (χ3v) is 4.83. The van der Waals surface area contributed by atoms with Crippen LogP contribution in [0.1, 0.15) is 27.9 Å². The molecule has 0 aliphatic heterocycles. The van der Waals surface area contributed by atoms with Gasteiger partial charge in [0, 0.05) is 13.0 Å². The second kappa shape index (κ2) is 10.8. The molecule has 0 heterocycles. The van der Waals surface area contributed by atoms with E-state index in [-0.39, 0.29) is 18.2 Å². The van der Waals surface area contributed by atoms with Crippen molar-refractivity contribution in [3.05, 3.63) is 89.5 Å². The molecular weight excluding hydrogens is 392 g/mol. The van der Waals surface area contributed by atoms with E-state index in [9.17, 15) is 9.59 Å². The van der Waals surface area contributed by atoms with Gasteiger partial charge in [-0.25, -0.2) is 0 Å². The van der Waals surface area contributed by atoms with Gasteiger partial charge in [0.25, 0.3) is 5.91 Å². The van der Waals surface area contributed by atoms with Crippen molar-refractivity contribution in [2.45, 2.75) is 19.4 Å². The van der Waals surface area contributed by atoms with Crippen molar-refractivity contribution < 1.29 is 19.1 Å². The van der Waals surface area contributed by atoms with Crippen molar-refractivity contribution in [2.24, 2.45) is 0 Å². The van der Waals surface area contributed by atoms with Gasteiger partial charge in [0.1, 0.15) is 0 Å². The highest BCUT2D eigenvalue weighted by atomic mass is 16.5. The summed E-state index contributed by atoms with van der Waals surface area (Å²) in [5, 5.41) is 5.75. The Morgan fingerprint density at radius 2 is 1.52 bits per heavy atom. The average molecular weight is 418 g/mol. The molecule has 0 fully saturated rings. The molecule has 0 unspecified atom stereocenters. The number of ether oxygens (including phenoxy) is 2. The van der Waals surface area contributed by atoms with Gasteiger partial charge in [0.2, 0.25) is 5.91 Å². The maximum atomic E-state index is 12.6. The molecule has 2 amide bonds. The Balaban J connectivity index is 1.59. The molecular formula is C25H26N2O4. The molecule has 0 spiro atoms. The van der Waals surface area contributed by atoms with Crippen molar-refractivity contribution in [1.29, 1.82) is 0 Å². The van der Waals surface area contributed by atoms with Crippen molar-refractivity contribution in [3.8, 4) is 11.5 Å². The highest BCUT2D eigenvalue weighted by molar-refractivity contribution is 6.03. The van der Waals surface area contributed by atoms with Crippen LogP contribution >= 0.6 is 0 Å². The summed E-state index contributed by atoms with van der Waals surface area (Å²) in [6, 6.07) is 22.2. The Hall–Kier alpha value is -3.80. The molecule has 2 N–H and O–H groups in total. The van der Waals surface area contributed by atoms with Gasteiger partial charge in [-0.3, -0.25) is 9.59 Å². The smallest absolute Gasteiger partial charge is 0.253 e. The molecule has 31 heavy (non-hydrogen) atoms.